The van der Waals surface area contributed by atoms with Crippen LogP contribution in [-0.4, -0.2) is 65.6 Å². The number of fused-ring (bicyclic) bond motifs is 3. The summed E-state index contributed by atoms with van der Waals surface area (Å²) in [7, 11) is 0. The second kappa shape index (κ2) is 10.4. The number of likely N-dealkylation sites (tertiary alicyclic amines) is 1. The van der Waals surface area contributed by atoms with Gasteiger partial charge in [-0.05, 0) is 55.7 Å². The van der Waals surface area contributed by atoms with Gasteiger partial charge in [-0.2, -0.15) is 0 Å². The summed E-state index contributed by atoms with van der Waals surface area (Å²) >= 11 is 0. The molecule has 0 aliphatic carbocycles. The number of aromatic amines is 1. The van der Waals surface area contributed by atoms with Crippen molar-refractivity contribution in [1.82, 2.24) is 14.8 Å². The fourth-order valence-electron chi connectivity index (χ4n) is 5.76. The molecule has 4 nitrogen and oxygen atoms in total. The van der Waals surface area contributed by atoms with Crippen LogP contribution in [0, 0.1) is 17.5 Å². The van der Waals surface area contributed by atoms with Crippen LogP contribution < -0.4 is 5.32 Å². The molecule has 38 heavy (non-hydrogen) atoms. The molecule has 1 saturated heterocycles. The molecule has 0 amide bonds. The minimum absolute atomic E-state index is 0.0242. The first-order valence-electron chi connectivity index (χ1n) is 13.1. The van der Waals surface area contributed by atoms with E-state index in [-0.39, 0.29) is 24.0 Å². The predicted octanol–water partition coefficient (Wildman–Crippen LogP) is 6.42. The van der Waals surface area contributed by atoms with E-state index in [1.807, 2.05) is 4.90 Å². The fourth-order valence-corrected chi connectivity index (χ4v) is 5.76. The average molecular weight is 539 g/mol. The highest BCUT2D eigenvalue weighted by Crippen LogP contribution is 2.44. The number of anilines is 1. The second-order valence-electron chi connectivity index (χ2n) is 10.5. The molecule has 0 spiro atoms. The van der Waals surface area contributed by atoms with Crippen LogP contribution in [0.4, 0.5) is 32.0 Å². The molecule has 1 fully saturated rings. The number of hydrogen-bond acceptors (Lipinski definition) is 3. The summed E-state index contributed by atoms with van der Waals surface area (Å²) in [6.45, 7) is 3.99. The summed E-state index contributed by atoms with van der Waals surface area (Å²) in [4.78, 5) is 6.59. The molecule has 10 heteroatoms. The van der Waals surface area contributed by atoms with E-state index in [9.17, 15) is 17.6 Å². The van der Waals surface area contributed by atoms with Crippen molar-refractivity contribution < 1.29 is 26.3 Å². The zero-order chi connectivity index (χ0) is 27.2. The predicted molar refractivity (Wildman–Crippen MR) is 136 cm³/mol. The third kappa shape index (κ3) is 5.12. The summed E-state index contributed by atoms with van der Waals surface area (Å²) in [6.07, 6.45) is 0.409. The van der Waals surface area contributed by atoms with E-state index in [0.717, 1.165) is 5.56 Å². The number of benzene rings is 2. The first-order chi connectivity index (χ1) is 18.1. The number of H-pyrrole nitrogens is 1. The normalized spacial score (nSPS) is 21.1. The highest BCUT2D eigenvalue weighted by Gasteiger charge is 2.43. The van der Waals surface area contributed by atoms with Crippen LogP contribution in [0.3, 0.4) is 0 Å². The van der Waals surface area contributed by atoms with E-state index < -0.39 is 48.4 Å². The summed E-state index contributed by atoms with van der Waals surface area (Å²) in [6, 6.07) is 5.00. The van der Waals surface area contributed by atoms with E-state index in [4.69, 9.17) is 0 Å². The number of rotatable bonds is 9. The molecule has 1 aromatic heterocycles. The smallest absolute Gasteiger partial charge is 0.260 e. The molecule has 2 N–H and O–H groups in total. The zero-order valence-corrected chi connectivity index (χ0v) is 21.4. The van der Waals surface area contributed by atoms with Crippen LogP contribution >= 0.6 is 0 Å². The van der Waals surface area contributed by atoms with Gasteiger partial charge in [0.1, 0.15) is 17.5 Å². The number of halogens is 6. The molecular formula is C28H32F6N4. The van der Waals surface area contributed by atoms with Crippen LogP contribution in [-0.2, 0) is 6.42 Å². The van der Waals surface area contributed by atoms with Gasteiger partial charge >= 0.3 is 0 Å². The lowest BCUT2D eigenvalue weighted by molar-refractivity contribution is -0.0551. The van der Waals surface area contributed by atoms with Gasteiger partial charge < -0.3 is 10.3 Å². The Balaban J connectivity index is 1.52. The number of hydrogen-bond donors (Lipinski definition) is 2. The maximum Gasteiger partial charge on any atom is 0.260 e. The van der Waals surface area contributed by atoms with Crippen molar-refractivity contribution in [2.75, 3.05) is 38.2 Å². The van der Waals surface area contributed by atoms with Gasteiger partial charge in [0.15, 0.2) is 0 Å². The molecular weight excluding hydrogens is 506 g/mol. The molecule has 2 aliphatic rings. The Labute approximate surface area is 218 Å². The zero-order valence-electron chi connectivity index (χ0n) is 21.4. The third-order valence-corrected chi connectivity index (χ3v) is 7.79. The molecule has 206 valence electrons. The topological polar surface area (TPSA) is 34.3 Å². The van der Waals surface area contributed by atoms with Crippen molar-refractivity contribution in [1.29, 1.82) is 0 Å². The lowest BCUT2D eigenvalue weighted by Gasteiger charge is -2.42. The van der Waals surface area contributed by atoms with Gasteiger partial charge in [-0.3, -0.25) is 14.2 Å². The molecule has 3 heterocycles. The van der Waals surface area contributed by atoms with Crippen LogP contribution in [0.15, 0.2) is 30.3 Å². The number of nitrogens with one attached hydrogen (secondary N) is 2. The van der Waals surface area contributed by atoms with Crippen LogP contribution in [0.2, 0.25) is 0 Å². The number of nitrogens with zero attached hydrogens (tertiary/aromatic N) is 2. The molecule has 0 unspecified atom stereocenters. The van der Waals surface area contributed by atoms with E-state index in [1.165, 1.54) is 36.1 Å². The minimum Gasteiger partial charge on any atom is -0.380 e. The first kappa shape index (κ1) is 26.9. The van der Waals surface area contributed by atoms with E-state index in [1.54, 1.807) is 13.0 Å². The molecule has 0 bridgehead atoms. The van der Waals surface area contributed by atoms with Crippen molar-refractivity contribution in [3.63, 3.8) is 0 Å². The second-order valence-corrected chi connectivity index (χ2v) is 10.5. The van der Waals surface area contributed by atoms with Crippen molar-refractivity contribution >= 4 is 16.6 Å². The Hall–Kier alpha value is -2.72. The van der Waals surface area contributed by atoms with E-state index in [0.29, 0.717) is 49.1 Å². The summed E-state index contributed by atoms with van der Waals surface area (Å²) in [5, 5.41) is 3.82. The Morgan fingerprint density at radius 3 is 2.45 bits per heavy atom. The molecule has 2 aromatic carbocycles. The quantitative estimate of drug-likeness (QED) is 0.309. The SMILES string of the molecule is CCC(F)(F)CN1[C@H](c2c(F)cc(NC3CN(CCCF)C3)cc2F)c2[nH]c3cc(F)ccc3c2C[C@H]1C. The highest BCUT2D eigenvalue weighted by molar-refractivity contribution is 5.85. The van der Waals surface area contributed by atoms with Gasteiger partial charge in [0, 0.05) is 59.9 Å². The molecule has 2 atom stereocenters. The van der Waals surface area contributed by atoms with Crippen molar-refractivity contribution in [2.45, 2.75) is 57.2 Å². The number of alkyl halides is 3. The lowest BCUT2D eigenvalue weighted by Crippen LogP contribution is -2.54. The molecule has 2 aliphatic heterocycles. The Morgan fingerprint density at radius 2 is 1.79 bits per heavy atom. The van der Waals surface area contributed by atoms with Gasteiger partial charge in [0.25, 0.3) is 5.92 Å². The van der Waals surface area contributed by atoms with E-state index in [2.05, 4.69) is 10.3 Å². The Bertz CT molecular complexity index is 1280. The number of aromatic nitrogens is 1. The first-order valence-corrected chi connectivity index (χ1v) is 13.1. The molecule has 5 rings (SSSR count). The lowest BCUT2D eigenvalue weighted by atomic mass is 9.87. The Morgan fingerprint density at radius 1 is 1.08 bits per heavy atom. The van der Waals surface area contributed by atoms with Gasteiger partial charge in [-0.1, -0.05) is 6.92 Å². The highest BCUT2D eigenvalue weighted by atomic mass is 19.3. The summed E-state index contributed by atoms with van der Waals surface area (Å²) < 4.78 is 87.1. The average Bonchev–Trinajstić information content (AvgIpc) is 3.18. The van der Waals surface area contributed by atoms with Crippen molar-refractivity contribution in [2.24, 2.45) is 0 Å². The van der Waals surface area contributed by atoms with Crippen molar-refractivity contribution in [3.8, 4) is 0 Å². The van der Waals surface area contributed by atoms with Crippen LogP contribution in [0.5, 0.6) is 0 Å². The molecule has 3 aromatic rings. The minimum atomic E-state index is -3.06. The summed E-state index contributed by atoms with van der Waals surface area (Å²) in [5.41, 5.74) is 1.54. The van der Waals surface area contributed by atoms with Gasteiger partial charge in [-0.25, -0.2) is 22.0 Å². The van der Waals surface area contributed by atoms with Crippen LogP contribution in [0.1, 0.15) is 49.6 Å². The maximum atomic E-state index is 15.7. The van der Waals surface area contributed by atoms with Gasteiger partial charge in [0.05, 0.1) is 25.3 Å². The standard InChI is InChI=1S/C28H32F6N4/c1-3-28(33,34)15-38-16(2)9-21-20-6-5-17(30)10-24(20)36-26(21)27(38)25-22(31)11-18(12-23(25)32)35-19-13-37(14-19)8-4-7-29/h5-6,10-12,16,19,27,35-36H,3-4,7-9,13-15H2,1-2H3/t16-,27-/m1/s1. The largest absolute Gasteiger partial charge is 0.380 e. The third-order valence-electron chi connectivity index (χ3n) is 7.79. The molecule has 0 radical (unpaired) electrons. The van der Waals surface area contributed by atoms with Gasteiger partial charge in [0.2, 0.25) is 0 Å². The maximum absolute atomic E-state index is 15.7. The monoisotopic (exact) mass is 538 g/mol. The summed E-state index contributed by atoms with van der Waals surface area (Å²) in [5.74, 6) is -5.22. The molecule has 0 saturated carbocycles. The van der Waals surface area contributed by atoms with Gasteiger partial charge in [-0.15, -0.1) is 0 Å². The fraction of sp³-hybridized carbons (Fsp3) is 0.500. The Kier molecular flexibility index (Phi) is 7.39. The van der Waals surface area contributed by atoms with Crippen molar-refractivity contribution in [3.05, 3.63) is 64.6 Å². The van der Waals surface area contributed by atoms with E-state index >= 15 is 8.78 Å². The van der Waals surface area contributed by atoms with Crippen LogP contribution in [0.25, 0.3) is 10.9 Å².